The molecule has 4 rings (SSSR count). The molecule has 3 amide bonds. The average molecular weight is 376 g/mol. The van der Waals surface area contributed by atoms with E-state index in [2.05, 4.69) is 0 Å². The van der Waals surface area contributed by atoms with Crippen molar-refractivity contribution >= 4 is 29.5 Å². The van der Waals surface area contributed by atoms with E-state index < -0.39 is 0 Å². The Kier molecular flexibility index (Phi) is 5.04. The maximum atomic E-state index is 12.7. The van der Waals surface area contributed by atoms with Gasteiger partial charge in [0.15, 0.2) is 0 Å². The molecule has 2 aromatic rings. The largest absolute Gasteiger partial charge is 0.378 e. The van der Waals surface area contributed by atoms with Crippen LogP contribution in [0, 0.1) is 0 Å². The monoisotopic (exact) mass is 376 g/mol. The number of ether oxygens (including phenoxy) is 1. The second-order valence-corrected chi connectivity index (χ2v) is 6.75. The Morgan fingerprint density at radius 1 is 0.964 bits per heavy atom. The Balaban J connectivity index is 1.57. The van der Waals surface area contributed by atoms with E-state index in [-0.39, 0.29) is 24.1 Å². The highest BCUT2D eigenvalue weighted by Crippen LogP contribution is 2.27. The lowest BCUT2D eigenvalue weighted by molar-refractivity contribution is -0.120. The molecule has 2 heterocycles. The van der Waals surface area contributed by atoms with Crippen molar-refractivity contribution in [1.82, 2.24) is 4.90 Å². The highest BCUT2D eigenvalue weighted by atomic mass is 16.5. The van der Waals surface area contributed by atoms with E-state index in [0.29, 0.717) is 43.1 Å². The van der Waals surface area contributed by atoms with Crippen LogP contribution in [0.15, 0.2) is 60.2 Å². The molecule has 2 fully saturated rings. The number of imide groups is 1. The summed E-state index contributed by atoms with van der Waals surface area (Å²) in [4.78, 5) is 40.7. The smallest absolute Gasteiger partial charge is 0.261 e. The number of hydrogen-bond acceptors (Lipinski definition) is 4. The molecular weight excluding hydrogens is 356 g/mol. The van der Waals surface area contributed by atoms with Crippen molar-refractivity contribution in [3.05, 3.63) is 71.3 Å². The minimum absolute atomic E-state index is 0.0510. The van der Waals surface area contributed by atoms with Gasteiger partial charge in [-0.2, -0.15) is 0 Å². The van der Waals surface area contributed by atoms with Crippen LogP contribution in [0.1, 0.15) is 22.3 Å². The van der Waals surface area contributed by atoms with Crippen LogP contribution < -0.4 is 4.90 Å². The fourth-order valence-corrected chi connectivity index (χ4v) is 3.44. The van der Waals surface area contributed by atoms with E-state index >= 15 is 0 Å². The van der Waals surface area contributed by atoms with Gasteiger partial charge < -0.3 is 9.64 Å². The average Bonchev–Trinajstić information content (AvgIpc) is 3.02. The molecule has 2 aliphatic heterocycles. The number of carbonyl (C=O) groups is 3. The van der Waals surface area contributed by atoms with Gasteiger partial charge in [-0.15, -0.1) is 0 Å². The minimum Gasteiger partial charge on any atom is -0.378 e. The maximum absolute atomic E-state index is 12.7. The first-order valence-electron chi connectivity index (χ1n) is 9.23. The number of hydrogen-bond donors (Lipinski definition) is 0. The standard InChI is InChI=1S/C22H20N2O4/c25-20-15-18(22(27)24(20)19-7-2-1-3-8-19)14-16-5-4-6-17(13-16)21(26)23-9-11-28-12-10-23/h1-8,13-14H,9-12,15H2/b18-14+. The van der Waals surface area contributed by atoms with Gasteiger partial charge in [-0.05, 0) is 35.9 Å². The summed E-state index contributed by atoms with van der Waals surface area (Å²) >= 11 is 0. The Labute approximate surface area is 163 Å². The quantitative estimate of drug-likeness (QED) is 0.610. The summed E-state index contributed by atoms with van der Waals surface area (Å²) in [5.74, 6) is -0.618. The highest BCUT2D eigenvalue weighted by Gasteiger charge is 2.34. The molecule has 0 bridgehead atoms. The summed E-state index contributed by atoms with van der Waals surface area (Å²) in [6, 6.07) is 16.0. The van der Waals surface area contributed by atoms with Crippen molar-refractivity contribution in [2.24, 2.45) is 0 Å². The molecular formula is C22H20N2O4. The van der Waals surface area contributed by atoms with E-state index in [1.165, 1.54) is 4.90 Å². The van der Waals surface area contributed by atoms with Gasteiger partial charge in [0.2, 0.25) is 5.91 Å². The summed E-state index contributed by atoms with van der Waals surface area (Å²) in [5.41, 5.74) is 2.28. The second kappa shape index (κ2) is 7.78. The van der Waals surface area contributed by atoms with Gasteiger partial charge in [0.25, 0.3) is 11.8 Å². The van der Waals surface area contributed by atoms with Crippen molar-refractivity contribution in [3.63, 3.8) is 0 Å². The predicted octanol–water partition coefficient (Wildman–Crippen LogP) is 2.51. The third kappa shape index (κ3) is 3.59. The molecule has 0 saturated carbocycles. The van der Waals surface area contributed by atoms with Crippen molar-refractivity contribution in [2.75, 3.05) is 31.2 Å². The number of amides is 3. The topological polar surface area (TPSA) is 66.9 Å². The van der Waals surface area contributed by atoms with Crippen LogP contribution in [0.3, 0.4) is 0 Å². The molecule has 2 aromatic carbocycles. The first-order valence-corrected chi connectivity index (χ1v) is 9.23. The third-order valence-electron chi connectivity index (χ3n) is 4.86. The van der Waals surface area contributed by atoms with Crippen molar-refractivity contribution in [3.8, 4) is 0 Å². The molecule has 0 aliphatic carbocycles. The van der Waals surface area contributed by atoms with Gasteiger partial charge in [0.1, 0.15) is 0 Å². The number of morpholine rings is 1. The molecule has 0 spiro atoms. The van der Waals surface area contributed by atoms with E-state index in [9.17, 15) is 14.4 Å². The summed E-state index contributed by atoms with van der Waals surface area (Å²) in [7, 11) is 0. The first-order chi connectivity index (χ1) is 13.6. The van der Waals surface area contributed by atoms with Gasteiger partial charge in [0.05, 0.1) is 25.3 Å². The highest BCUT2D eigenvalue weighted by molar-refractivity contribution is 6.29. The molecule has 0 atom stereocenters. The number of benzene rings is 2. The number of para-hydroxylation sites is 1. The third-order valence-corrected chi connectivity index (χ3v) is 4.86. The Morgan fingerprint density at radius 2 is 1.71 bits per heavy atom. The zero-order valence-corrected chi connectivity index (χ0v) is 15.3. The molecule has 28 heavy (non-hydrogen) atoms. The van der Waals surface area contributed by atoms with Gasteiger partial charge >= 0.3 is 0 Å². The predicted molar refractivity (Wildman–Crippen MR) is 105 cm³/mol. The number of rotatable bonds is 3. The summed E-state index contributed by atoms with van der Waals surface area (Å²) in [6.45, 7) is 2.23. The molecule has 0 aromatic heterocycles. The molecule has 0 unspecified atom stereocenters. The summed E-state index contributed by atoms with van der Waals surface area (Å²) in [6.07, 6.45) is 1.74. The molecule has 6 nitrogen and oxygen atoms in total. The lowest BCUT2D eigenvalue weighted by atomic mass is 10.1. The molecule has 0 N–H and O–H groups in total. The fraction of sp³-hybridized carbons (Fsp3) is 0.227. The normalized spacial score (nSPS) is 18.8. The van der Waals surface area contributed by atoms with E-state index in [1.54, 1.807) is 53.4 Å². The van der Waals surface area contributed by atoms with Crippen LogP contribution in [0.4, 0.5) is 5.69 Å². The van der Waals surface area contributed by atoms with Crippen LogP contribution in [0.2, 0.25) is 0 Å². The lowest BCUT2D eigenvalue weighted by Gasteiger charge is -2.26. The SMILES string of the molecule is O=C(c1cccc(/C=C2\CC(=O)N(c3ccccc3)C2=O)c1)N1CCOCC1. The van der Waals surface area contributed by atoms with Crippen molar-refractivity contribution < 1.29 is 19.1 Å². The summed E-state index contributed by atoms with van der Waals surface area (Å²) < 4.78 is 5.29. The Hall–Kier alpha value is -3.25. The van der Waals surface area contributed by atoms with Gasteiger partial charge in [0, 0.05) is 24.2 Å². The zero-order chi connectivity index (χ0) is 19.5. The Morgan fingerprint density at radius 3 is 2.46 bits per heavy atom. The number of carbonyl (C=O) groups excluding carboxylic acids is 3. The van der Waals surface area contributed by atoms with E-state index in [1.807, 2.05) is 12.1 Å². The molecule has 0 radical (unpaired) electrons. The number of anilines is 1. The maximum Gasteiger partial charge on any atom is 0.261 e. The van der Waals surface area contributed by atoms with Gasteiger partial charge in [-0.25, -0.2) is 4.90 Å². The van der Waals surface area contributed by atoms with Crippen molar-refractivity contribution in [1.29, 1.82) is 0 Å². The van der Waals surface area contributed by atoms with Crippen molar-refractivity contribution in [2.45, 2.75) is 6.42 Å². The van der Waals surface area contributed by atoms with Crippen LogP contribution >= 0.6 is 0 Å². The molecule has 2 saturated heterocycles. The van der Waals surface area contributed by atoms with E-state index in [4.69, 9.17) is 4.74 Å². The molecule has 2 aliphatic rings. The Bertz CT molecular complexity index is 946. The lowest BCUT2D eigenvalue weighted by Crippen LogP contribution is -2.40. The second-order valence-electron chi connectivity index (χ2n) is 6.75. The zero-order valence-electron chi connectivity index (χ0n) is 15.3. The van der Waals surface area contributed by atoms with Crippen LogP contribution in [-0.4, -0.2) is 48.9 Å². The minimum atomic E-state index is -0.318. The first kappa shape index (κ1) is 18.1. The fourth-order valence-electron chi connectivity index (χ4n) is 3.44. The molecule has 6 heteroatoms. The van der Waals surface area contributed by atoms with E-state index in [0.717, 1.165) is 5.56 Å². The van der Waals surface area contributed by atoms with Crippen LogP contribution in [0.5, 0.6) is 0 Å². The van der Waals surface area contributed by atoms with Gasteiger partial charge in [-0.1, -0.05) is 30.3 Å². The summed E-state index contributed by atoms with van der Waals surface area (Å²) in [5, 5.41) is 0. The van der Waals surface area contributed by atoms with Crippen LogP contribution in [-0.2, 0) is 14.3 Å². The van der Waals surface area contributed by atoms with Gasteiger partial charge in [-0.3, -0.25) is 14.4 Å². The van der Waals surface area contributed by atoms with Crippen LogP contribution in [0.25, 0.3) is 6.08 Å². The number of nitrogens with zero attached hydrogens (tertiary/aromatic N) is 2. The molecule has 142 valence electrons.